The normalized spacial score (nSPS) is 11.2. The number of hydrogen-bond acceptors (Lipinski definition) is 7. The summed E-state index contributed by atoms with van der Waals surface area (Å²) in [5.74, 6) is 0.805. The Hall–Kier alpha value is -2.58. The molecule has 0 bridgehead atoms. The van der Waals surface area contributed by atoms with E-state index < -0.39 is 6.04 Å². The van der Waals surface area contributed by atoms with E-state index in [1.165, 1.54) is 0 Å². The van der Waals surface area contributed by atoms with Crippen LogP contribution in [0, 0.1) is 6.92 Å². The molecule has 0 aliphatic rings. The molecule has 3 heterocycles. The number of aryl methyl sites for hydroxylation is 2. The zero-order chi connectivity index (χ0) is 22.4. The SMILES string of the molecule is CC.CCc1nc2c(nc1-c1ccc(C(C)C)nc1OC)c(C)nn2C(CO)CO. The first-order valence-corrected chi connectivity index (χ1v) is 10.5. The van der Waals surface area contributed by atoms with Crippen molar-refractivity contribution in [1.82, 2.24) is 24.7 Å². The lowest BCUT2D eigenvalue weighted by atomic mass is 10.1. The van der Waals surface area contributed by atoms with Gasteiger partial charge in [0.25, 0.3) is 0 Å². The Bertz CT molecular complexity index is 981. The molecule has 0 saturated carbocycles. The van der Waals surface area contributed by atoms with Gasteiger partial charge in [-0.1, -0.05) is 34.6 Å². The summed E-state index contributed by atoms with van der Waals surface area (Å²) in [6.07, 6.45) is 0.653. The lowest BCUT2D eigenvalue weighted by Crippen LogP contribution is -2.19. The highest BCUT2D eigenvalue weighted by Crippen LogP contribution is 2.33. The summed E-state index contributed by atoms with van der Waals surface area (Å²) < 4.78 is 7.10. The molecule has 0 fully saturated rings. The van der Waals surface area contributed by atoms with Crippen LogP contribution >= 0.6 is 0 Å². The van der Waals surface area contributed by atoms with Gasteiger partial charge in [-0.05, 0) is 31.4 Å². The third kappa shape index (κ3) is 4.44. The molecule has 8 heteroatoms. The van der Waals surface area contributed by atoms with E-state index in [0.717, 1.165) is 17.0 Å². The summed E-state index contributed by atoms with van der Waals surface area (Å²) in [5, 5.41) is 23.6. The average Bonchev–Trinajstić information content (AvgIpc) is 3.10. The number of rotatable bonds is 7. The van der Waals surface area contributed by atoms with E-state index in [0.29, 0.717) is 34.9 Å². The standard InChI is InChI=1S/C20H27N5O3.C2H6/c1-6-15-18(14-7-8-16(11(2)3)22-20(14)28-5)23-17-12(4)24-25(19(17)21-15)13(9-26)10-27;1-2/h7-8,11,13,26-27H,6,9-10H2,1-5H3;1-2H3. The van der Waals surface area contributed by atoms with E-state index in [1.54, 1.807) is 11.8 Å². The number of nitrogens with zero attached hydrogens (tertiary/aromatic N) is 5. The predicted octanol–water partition coefficient (Wildman–Crippen LogP) is 3.44. The van der Waals surface area contributed by atoms with Crippen molar-refractivity contribution in [3.63, 3.8) is 0 Å². The third-order valence-electron chi connectivity index (χ3n) is 4.79. The molecule has 0 aliphatic heterocycles. The minimum atomic E-state index is -0.553. The van der Waals surface area contributed by atoms with Crippen LogP contribution in [0.4, 0.5) is 0 Å². The number of aliphatic hydroxyl groups is 2. The molecule has 3 rings (SSSR count). The van der Waals surface area contributed by atoms with Crippen LogP contribution in [-0.2, 0) is 6.42 Å². The van der Waals surface area contributed by atoms with Crippen molar-refractivity contribution in [1.29, 1.82) is 0 Å². The molecule has 2 N–H and O–H groups in total. The zero-order valence-electron chi connectivity index (χ0n) is 19.0. The zero-order valence-corrected chi connectivity index (χ0v) is 19.0. The Morgan fingerprint density at radius 2 is 1.73 bits per heavy atom. The van der Waals surface area contributed by atoms with Crippen molar-refractivity contribution in [3.05, 3.63) is 29.2 Å². The maximum Gasteiger partial charge on any atom is 0.222 e. The Morgan fingerprint density at radius 3 is 2.27 bits per heavy atom. The van der Waals surface area contributed by atoms with Crippen molar-refractivity contribution < 1.29 is 14.9 Å². The van der Waals surface area contributed by atoms with E-state index in [2.05, 4.69) is 23.9 Å². The molecule has 0 atom stereocenters. The fraction of sp³-hybridized carbons (Fsp3) is 0.545. The molecule has 8 nitrogen and oxygen atoms in total. The minimum absolute atomic E-state index is 0.230. The molecular formula is C22H33N5O3. The summed E-state index contributed by atoms with van der Waals surface area (Å²) in [5.41, 5.74) is 5.09. The highest BCUT2D eigenvalue weighted by atomic mass is 16.5. The smallest absolute Gasteiger partial charge is 0.222 e. The van der Waals surface area contributed by atoms with Crippen LogP contribution in [-0.4, -0.2) is 55.3 Å². The Balaban J connectivity index is 0.00000155. The molecule has 0 radical (unpaired) electrons. The largest absolute Gasteiger partial charge is 0.480 e. The minimum Gasteiger partial charge on any atom is -0.480 e. The number of methoxy groups -OCH3 is 1. The molecule has 3 aromatic rings. The Labute approximate surface area is 178 Å². The average molecular weight is 416 g/mol. The van der Waals surface area contributed by atoms with Gasteiger partial charge in [-0.3, -0.25) is 0 Å². The lowest BCUT2D eigenvalue weighted by molar-refractivity contribution is 0.148. The van der Waals surface area contributed by atoms with Gasteiger partial charge in [-0.15, -0.1) is 0 Å². The molecule has 0 spiro atoms. The molecule has 164 valence electrons. The summed E-state index contributed by atoms with van der Waals surface area (Å²) in [7, 11) is 1.60. The van der Waals surface area contributed by atoms with Crippen molar-refractivity contribution in [2.45, 2.75) is 59.9 Å². The second kappa shape index (κ2) is 10.4. The van der Waals surface area contributed by atoms with E-state index in [4.69, 9.17) is 14.7 Å². The van der Waals surface area contributed by atoms with E-state index in [9.17, 15) is 10.2 Å². The predicted molar refractivity (Wildman–Crippen MR) is 118 cm³/mol. The van der Waals surface area contributed by atoms with Crippen molar-refractivity contribution in [2.75, 3.05) is 20.3 Å². The molecular weight excluding hydrogens is 382 g/mol. The molecule has 0 unspecified atom stereocenters. The summed E-state index contributed by atoms with van der Waals surface area (Å²) in [6.45, 7) is 11.6. The van der Waals surface area contributed by atoms with Gasteiger partial charge < -0.3 is 14.9 Å². The molecule has 30 heavy (non-hydrogen) atoms. The van der Waals surface area contributed by atoms with Crippen LogP contribution in [0.1, 0.15) is 63.7 Å². The third-order valence-corrected chi connectivity index (χ3v) is 4.79. The fourth-order valence-electron chi connectivity index (χ4n) is 3.16. The van der Waals surface area contributed by atoms with Gasteiger partial charge in [-0.25, -0.2) is 19.6 Å². The lowest BCUT2D eigenvalue weighted by Gasteiger charge is -2.15. The number of ether oxygens (including phenoxy) is 1. The van der Waals surface area contributed by atoms with Gasteiger partial charge in [0, 0.05) is 5.69 Å². The van der Waals surface area contributed by atoms with Gasteiger partial charge in [0.05, 0.1) is 43.0 Å². The number of aromatic nitrogens is 5. The van der Waals surface area contributed by atoms with Crippen LogP contribution in [0.5, 0.6) is 5.88 Å². The molecule has 0 saturated heterocycles. The molecule has 0 aromatic carbocycles. The van der Waals surface area contributed by atoms with Gasteiger partial charge in [0.15, 0.2) is 5.65 Å². The van der Waals surface area contributed by atoms with E-state index in [-0.39, 0.29) is 19.1 Å². The van der Waals surface area contributed by atoms with E-state index in [1.807, 2.05) is 39.8 Å². The van der Waals surface area contributed by atoms with Gasteiger partial charge in [-0.2, -0.15) is 5.10 Å². The molecule has 0 amide bonds. The van der Waals surface area contributed by atoms with Gasteiger partial charge in [0.1, 0.15) is 11.6 Å². The van der Waals surface area contributed by atoms with Gasteiger partial charge in [0.2, 0.25) is 5.88 Å². The fourth-order valence-corrected chi connectivity index (χ4v) is 3.16. The molecule has 0 aliphatic carbocycles. The first kappa shape index (κ1) is 23.7. The summed E-state index contributed by atoms with van der Waals surface area (Å²) in [4.78, 5) is 14.2. The van der Waals surface area contributed by atoms with Crippen LogP contribution in [0.3, 0.4) is 0 Å². The van der Waals surface area contributed by atoms with Crippen LogP contribution in [0.25, 0.3) is 22.4 Å². The highest BCUT2D eigenvalue weighted by molar-refractivity contribution is 5.79. The molecule has 3 aromatic heterocycles. The highest BCUT2D eigenvalue weighted by Gasteiger charge is 2.22. The number of hydrogen-bond donors (Lipinski definition) is 2. The van der Waals surface area contributed by atoms with Crippen LogP contribution in [0.15, 0.2) is 12.1 Å². The van der Waals surface area contributed by atoms with Crippen molar-refractivity contribution >= 4 is 11.2 Å². The first-order chi connectivity index (χ1) is 14.4. The van der Waals surface area contributed by atoms with Crippen LogP contribution in [0.2, 0.25) is 0 Å². The van der Waals surface area contributed by atoms with E-state index >= 15 is 0 Å². The first-order valence-electron chi connectivity index (χ1n) is 10.5. The van der Waals surface area contributed by atoms with Crippen LogP contribution < -0.4 is 4.74 Å². The maximum absolute atomic E-state index is 9.55. The second-order valence-corrected chi connectivity index (χ2v) is 7.04. The van der Waals surface area contributed by atoms with Gasteiger partial charge >= 0.3 is 0 Å². The maximum atomic E-state index is 9.55. The van der Waals surface area contributed by atoms with Crippen molar-refractivity contribution in [2.24, 2.45) is 0 Å². The number of pyridine rings is 1. The topological polar surface area (TPSA) is 106 Å². The van der Waals surface area contributed by atoms with Crippen molar-refractivity contribution in [3.8, 4) is 17.1 Å². The number of aliphatic hydroxyl groups excluding tert-OH is 2. The second-order valence-electron chi connectivity index (χ2n) is 7.04. The summed E-state index contributed by atoms with van der Waals surface area (Å²) in [6, 6.07) is 3.40. The monoisotopic (exact) mass is 415 g/mol. The Morgan fingerprint density at radius 1 is 1.07 bits per heavy atom. The summed E-state index contributed by atoms with van der Waals surface area (Å²) >= 11 is 0. The Kier molecular flexibility index (Phi) is 8.25. The quantitative estimate of drug-likeness (QED) is 0.609. The number of fused-ring (bicyclic) bond motifs is 1.